The third kappa shape index (κ3) is 8.82. The minimum absolute atomic E-state index is 0.233. The van der Waals surface area contributed by atoms with Gasteiger partial charge >= 0.3 is 5.97 Å². The summed E-state index contributed by atoms with van der Waals surface area (Å²) < 4.78 is 0. The molecule has 1 aromatic rings. The van der Waals surface area contributed by atoms with Crippen LogP contribution in [0.25, 0.3) is 0 Å². The summed E-state index contributed by atoms with van der Waals surface area (Å²) in [7, 11) is 0. The highest BCUT2D eigenvalue weighted by atomic mass is 32.2. The maximum atomic E-state index is 12.5. The third-order valence-corrected chi connectivity index (χ3v) is 4.89. The van der Waals surface area contributed by atoms with Crippen LogP contribution in [0.5, 0.6) is 0 Å². The zero-order chi connectivity index (χ0) is 22.7. The molecule has 12 heteroatoms. The Balaban J connectivity index is 2.61. The van der Waals surface area contributed by atoms with Crippen molar-refractivity contribution >= 4 is 35.5 Å². The molecule has 0 saturated carbocycles. The number of nitrogens with two attached hydrogens (primary N) is 1. The Labute approximate surface area is 179 Å². The van der Waals surface area contributed by atoms with E-state index in [1.807, 2.05) is 6.26 Å². The number of carboxylic acid groups (broad SMARTS) is 1. The van der Waals surface area contributed by atoms with Gasteiger partial charge in [-0.3, -0.25) is 14.4 Å². The molecule has 11 nitrogen and oxygen atoms in total. The summed E-state index contributed by atoms with van der Waals surface area (Å²) in [5, 5.41) is 16.5. The number of rotatable bonds is 13. The molecular weight excluding hydrogens is 412 g/mol. The second-order valence-electron chi connectivity index (χ2n) is 7.08. The van der Waals surface area contributed by atoms with Crippen LogP contribution >= 0.6 is 11.8 Å². The number of carboxylic acids is 1. The maximum Gasteiger partial charge on any atom is 0.326 e. The lowest BCUT2D eigenvalue weighted by atomic mass is 10.0. The topological polar surface area (TPSA) is 179 Å². The number of nitrogens with zero attached hydrogens (tertiary/aromatic N) is 1. The van der Waals surface area contributed by atoms with E-state index in [0.29, 0.717) is 17.9 Å². The summed E-state index contributed by atoms with van der Waals surface area (Å²) in [6.07, 6.45) is 5.49. The number of thioether (sulfide) groups is 1. The molecule has 30 heavy (non-hydrogen) atoms. The fourth-order valence-corrected chi connectivity index (χ4v) is 3.01. The summed E-state index contributed by atoms with van der Waals surface area (Å²) in [4.78, 5) is 54.8. The lowest BCUT2D eigenvalue weighted by Crippen LogP contribution is -2.54. The van der Waals surface area contributed by atoms with E-state index in [1.165, 1.54) is 18.1 Å². The van der Waals surface area contributed by atoms with E-state index in [-0.39, 0.29) is 12.3 Å². The van der Waals surface area contributed by atoms with Gasteiger partial charge in [-0.25, -0.2) is 9.78 Å². The standard InChI is InChI=1S/C18H30N6O5S/c1-10(2)15(18(28)29)24-14(25)8-21-17(27)13(4-5-30-3)23-16(26)12(19)6-11-7-20-9-22-11/h7,9-10,12-13,15H,4-6,8,19H2,1-3H3,(H,20,22)(H,21,27)(H,23,26)(H,24,25)(H,28,29). The molecule has 3 unspecified atom stereocenters. The van der Waals surface area contributed by atoms with Gasteiger partial charge in [0, 0.05) is 18.3 Å². The molecule has 0 spiro atoms. The SMILES string of the molecule is CSCCC(NC(=O)C(N)Cc1cnc[nH]1)C(=O)NCC(=O)NC(C(=O)O)C(C)C. The fourth-order valence-electron chi connectivity index (χ4n) is 2.54. The van der Waals surface area contributed by atoms with Gasteiger partial charge in [0.25, 0.3) is 0 Å². The van der Waals surface area contributed by atoms with Crippen LogP contribution in [0.1, 0.15) is 26.0 Å². The van der Waals surface area contributed by atoms with Crippen molar-refractivity contribution in [3.8, 4) is 0 Å². The second kappa shape index (κ2) is 12.9. The van der Waals surface area contributed by atoms with Crippen molar-refractivity contribution < 1.29 is 24.3 Å². The first-order valence-corrected chi connectivity index (χ1v) is 10.9. The molecule has 0 aromatic carbocycles. The molecule has 7 N–H and O–H groups in total. The van der Waals surface area contributed by atoms with Crippen molar-refractivity contribution in [2.75, 3.05) is 18.6 Å². The zero-order valence-corrected chi connectivity index (χ0v) is 18.1. The fraction of sp³-hybridized carbons (Fsp3) is 0.611. The Bertz CT molecular complexity index is 712. The number of amides is 3. The van der Waals surface area contributed by atoms with Crippen LogP contribution in [0, 0.1) is 5.92 Å². The molecule has 0 aliphatic rings. The summed E-state index contributed by atoms with van der Waals surface area (Å²) in [5.41, 5.74) is 6.59. The van der Waals surface area contributed by atoms with Crippen LogP contribution in [0.2, 0.25) is 0 Å². The lowest BCUT2D eigenvalue weighted by Gasteiger charge is -2.21. The molecule has 1 aromatic heterocycles. The smallest absolute Gasteiger partial charge is 0.326 e. The van der Waals surface area contributed by atoms with Gasteiger partial charge in [0.2, 0.25) is 17.7 Å². The normalized spacial score (nSPS) is 13.9. The van der Waals surface area contributed by atoms with Crippen molar-refractivity contribution in [1.82, 2.24) is 25.9 Å². The molecule has 0 radical (unpaired) electrons. The van der Waals surface area contributed by atoms with Crippen LogP contribution in [0.3, 0.4) is 0 Å². The molecule has 0 fully saturated rings. The van der Waals surface area contributed by atoms with Crippen LogP contribution < -0.4 is 21.7 Å². The molecule has 1 rings (SSSR count). The Morgan fingerprint density at radius 3 is 2.47 bits per heavy atom. The van der Waals surface area contributed by atoms with Gasteiger partial charge in [-0.15, -0.1) is 0 Å². The highest BCUT2D eigenvalue weighted by molar-refractivity contribution is 7.98. The molecular formula is C18H30N6O5S. The number of aliphatic carboxylic acids is 1. The van der Waals surface area contributed by atoms with Crippen molar-refractivity contribution in [1.29, 1.82) is 0 Å². The van der Waals surface area contributed by atoms with E-state index in [9.17, 15) is 19.2 Å². The van der Waals surface area contributed by atoms with Gasteiger partial charge < -0.3 is 31.8 Å². The first kappa shape index (κ1) is 25.4. The average molecular weight is 443 g/mol. The van der Waals surface area contributed by atoms with E-state index in [0.717, 1.165) is 0 Å². The van der Waals surface area contributed by atoms with Crippen LogP contribution in [-0.4, -0.2) is 75.4 Å². The zero-order valence-electron chi connectivity index (χ0n) is 17.3. The van der Waals surface area contributed by atoms with Crippen molar-refractivity contribution in [2.45, 2.75) is 44.8 Å². The summed E-state index contributed by atoms with van der Waals surface area (Å²) >= 11 is 1.51. The number of aromatic nitrogens is 2. The Morgan fingerprint density at radius 2 is 1.93 bits per heavy atom. The summed E-state index contributed by atoms with van der Waals surface area (Å²) in [6.45, 7) is 2.93. The van der Waals surface area contributed by atoms with Gasteiger partial charge in [0.15, 0.2) is 0 Å². The van der Waals surface area contributed by atoms with E-state index in [4.69, 9.17) is 10.8 Å². The van der Waals surface area contributed by atoms with E-state index in [1.54, 1.807) is 20.0 Å². The molecule has 3 amide bonds. The summed E-state index contributed by atoms with van der Waals surface area (Å²) in [5.74, 6) is -2.53. The van der Waals surface area contributed by atoms with E-state index >= 15 is 0 Å². The van der Waals surface area contributed by atoms with Crippen molar-refractivity contribution in [2.24, 2.45) is 11.7 Å². The van der Waals surface area contributed by atoms with Gasteiger partial charge in [0.05, 0.1) is 18.9 Å². The molecule has 0 saturated heterocycles. The minimum atomic E-state index is -1.15. The first-order chi connectivity index (χ1) is 14.1. The number of hydrogen-bond acceptors (Lipinski definition) is 7. The van der Waals surface area contributed by atoms with Gasteiger partial charge in [-0.05, 0) is 24.3 Å². The molecule has 168 valence electrons. The van der Waals surface area contributed by atoms with Gasteiger partial charge in [-0.1, -0.05) is 13.8 Å². The molecule has 3 atom stereocenters. The number of hydrogen-bond donors (Lipinski definition) is 6. The Morgan fingerprint density at radius 1 is 1.23 bits per heavy atom. The van der Waals surface area contributed by atoms with Crippen molar-refractivity contribution in [3.05, 3.63) is 18.2 Å². The highest BCUT2D eigenvalue weighted by Crippen LogP contribution is 2.04. The largest absolute Gasteiger partial charge is 0.480 e. The first-order valence-electron chi connectivity index (χ1n) is 9.47. The average Bonchev–Trinajstić information content (AvgIpc) is 3.19. The Kier molecular flexibility index (Phi) is 10.9. The van der Waals surface area contributed by atoms with Crippen LogP contribution in [0.4, 0.5) is 0 Å². The maximum absolute atomic E-state index is 12.5. The number of carbonyl (C=O) groups excluding carboxylic acids is 3. The van der Waals surface area contributed by atoms with E-state index < -0.39 is 48.4 Å². The number of nitrogens with one attached hydrogen (secondary N) is 4. The van der Waals surface area contributed by atoms with Crippen molar-refractivity contribution in [3.63, 3.8) is 0 Å². The van der Waals surface area contributed by atoms with Gasteiger partial charge in [-0.2, -0.15) is 11.8 Å². The van der Waals surface area contributed by atoms with Crippen LogP contribution in [0.15, 0.2) is 12.5 Å². The molecule has 0 aliphatic heterocycles. The lowest BCUT2D eigenvalue weighted by molar-refractivity contribution is -0.143. The quantitative estimate of drug-likeness (QED) is 0.222. The van der Waals surface area contributed by atoms with Gasteiger partial charge in [0.1, 0.15) is 12.1 Å². The van der Waals surface area contributed by atoms with E-state index in [2.05, 4.69) is 25.9 Å². The number of H-pyrrole nitrogens is 1. The highest BCUT2D eigenvalue weighted by Gasteiger charge is 2.26. The summed E-state index contributed by atoms with van der Waals surface area (Å²) in [6, 6.07) is -2.80. The second-order valence-corrected chi connectivity index (χ2v) is 8.06. The predicted octanol–water partition coefficient (Wildman–Crippen LogP) is -1.14. The minimum Gasteiger partial charge on any atom is -0.480 e. The number of carbonyl (C=O) groups is 4. The molecule has 1 heterocycles. The third-order valence-electron chi connectivity index (χ3n) is 4.25. The number of imidazole rings is 1. The number of aromatic amines is 1. The predicted molar refractivity (Wildman–Crippen MR) is 113 cm³/mol. The van der Waals surface area contributed by atoms with Crippen LogP contribution in [-0.2, 0) is 25.6 Å². The Hall–Kier alpha value is -2.60. The molecule has 0 aliphatic carbocycles. The monoisotopic (exact) mass is 442 g/mol. The molecule has 0 bridgehead atoms.